The molecule has 2 rings (SSSR count). The number of nitrogens with one attached hydrogen (secondary N) is 1. The fourth-order valence-electron chi connectivity index (χ4n) is 1.77. The highest BCUT2D eigenvalue weighted by Gasteiger charge is 2.04. The minimum absolute atomic E-state index is 0.101. The number of carbonyl (C=O) groups excluding carboxylic acids is 1. The van der Waals surface area contributed by atoms with E-state index < -0.39 is 0 Å². The second-order valence-electron chi connectivity index (χ2n) is 4.71. The molecule has 5 nitrogen and oxygen atoms in total. The van der Waals surface area contributed by atoms with E-state index in [0.29, 0.717) is 11.5 Å². The second kappa shape index (κ2) is 8.33. The smallest absolute Gasteiger partial charge is 0.277 e. The van der Waals surface area contributed by atoms with Crippen LogP contribution in [0, 0.1) is 0 Å². The number of hydrogen-bond acceptors (Lipinski definition) is 4. The van der Waals surface area contributed by atoms with Crippen molar-refractivity contribution >= 4 is 27.5 Å². The van der Waals surface area contributed by atoms with Gasteiger partial charge in [0.25, 0.3) is 5.91 Å². The molecule has 1 amide bonds. The Labute approximate surface area is 143 Å². The summed E-state index contributed by atoms with van der Waals surface area (Å²) in [5.41, 5.74) is 4.03. The molecular weight excluding hydrogens is 360 g/mol. The molecule has 0 saturated carbocycles. The van der Waals surface area contributed by atoms with E-state index in [-0.39, 0.29) is 12.5 Å². The number of rotatable bonds is 6. The maximum atomic E-state index is 11.8. The maximum Gasteiger partial charge on any atom is 0.277 e. The molecule has 0 fully saturated rings. The third-order valence-corrected chi connectivity index (χ3v) is 3.55. The van der Waals surface area contributed by atoms with Gasteiger partial charge in [0.2, 0.25) is 0 Å². The van der Waals surface area contributed by atoms with E-state index in [1.807, 2.05) is 43.3 Å². The Morgan fingerprint density at radius 2 is 1.91 bits per heavy atom. The second-order valence-corrected chi connectivity index (χ2v) is 5.62. The van der Waals surface area contributed by atoms with Crippen LogP contribution in [-0.2, 0) is 4.79 Å². The Hall–Kier alpha value is -2.34. The van der Waals surface area contributed by atoms with Gasteiger partial charge >= 0.3 is 0 Å². The summed E-state index contributed by atoms with van der Waals surface area (Å²) in [5, 5.41) is 4.07. The number of halogens is 1. The van der Waals surface area contributed by atoms with Crippen LogP contribution in [0.1, 0.15) is 12.5 Å². The Kier molecular flexibility index (Phi) is 6.17. The summed E-state index contributed by atoms with van der Waals surface area (Å²) in [6.07, 6.45) is 0. The molecule has 0 atom stereocenters. The molecule has 2 aromatic carbocycles. The van der Waals surface area contributed by atoms with Crippen molar-refractivity contribution in [3.8, 4) is 11.5 Å². The van der Waals surface area contributed by atoms with Crippen molar-refractivity contribution in [3.05, 3.63) is 58.6 Å². The zero-order valence-electron chi connectivity index (χ0n) is 12.9. The van der Waals surface area contributed by atoms with E-state index in [1.54, 1.807) is 19.2 Å². The molecule has 0 radical (unpaired) electrons. The van der Waals surface area contributed by atoms with Gasteiger partial charge < -0.3 is 9.47 Å². The Balaban J connectivity index is 1.88. The summed E-state index contributed by atoms with van der Waals surface area (Å²) in [6.45, 7) is 1.71. The highest BCUT2D eigenvalue weighted by molar-refractivity contribution is 9.10. The summed E-state index contributed by atoms with van der Waals surface area (Å²) in [5.74, 6) is 1.04. The van der Waals surface area contributed by atoms with Crippen LogP contribution in [0.5, 0.6) is 11.5 Å². The van der Waals surface area contributed by atoms with Crippen molar-refractivity contribution in [1.29, 1.82) is 0 Å². The summed E-state index contributed by atoms with van der Waals surface area (Å²) >= 11 is 3.34. The molecule has 23 heavy (non-hydrogen) atoms. The number of hydrazone groups is 1. The molecule has 0 aliphatic heterocycles. The minimum atomic E-state index is -0.324. The van der Waals surface area contributed by atoms with Gasteiger partial charge in [-0.3, -0.25) is 4.79 Å². The van der Waals surface area contributed by atoms with Gasteiger partial charge in [-0.2, -0.15) is 5.10 Å². The molecule has 2 aromatic rings. The lowest BCUT2D eigenvalue weighted by Gasteiger charge is -2.06. The quantitative estimate of drug-likeness (QED) is 0.620. The maximum absolute atomic E-state index is 11.8. The molecule has 6 heteroatoms. The summed E-state index contributed by atoms with van der Waals surface area (Å²) in [6, 6.07) is 14.7. The van der Waals surface area contributed by atoms with Gasteiger partial charge in [0.15, 0.2) is 6.61 Å². The van der Waals surface area contributed by atoms with Crippen LogP contribution >= 0.6 is 15.9 Å². The molecule has 0 spiro atoms. The standard InChI is InChI=1S/C17H17BrN2O3/c1-12(13-4-3-5-16(10-13)22-2)19-20-17(21)11-23-15-8-6-14(18)7-9-15/h3-10H,11H2,1-2H3,(H,20,21)/b19-12-. The van der Waals surface area contributed by atoms with Gasteiger partial charge in [0.05, 0.1) is 12.8 Å². The number of amides is 1. The first-order chi connectivity index (χ1) is 11.1. The van der Waals surface area contributed by atoms with Crippen molar-refractivity contribution < 1.29 is 14.3 Å². The number of methoxy groups -OCH3 is 1. The van der Waals surface area contributed by atoms with Crippen molar-refractivity contribution in [2.75, 3.05) is 13.7 Å². The van der Waals surface area contributed by atoms with Crippen molar-refractivity contribution in [1.82, 2.24) is 5.43 Å². The number of ether oxygens (including phenoxy) is 2. The molecule has 0 aliphatic rings. The zero-order valence-corrected chi connectivity index (χ0v) is 14.5. The Bertz CT molecular complexity index is 699. The van der Waals surface area contributed by atoms with E-state index in [2.05, 4.69) is 26.5 Å². The third kappa shape index (κ3) is 5.41. The van der Waals surface area contributed by atoms with Crippen LogP contribution in [0.3, 0.4) is 0 Å². The van der Waals surface area contributed by atoms with Gasteiger partial charge in [0.1, 0.15) is 11.5 Å². The first kappa shape index (κ1) is 17.0. The Morgan fingerprint density at radius 3 is 2.61 bits per heavy atom. The molecule has 0 unspecified atom stereocenters. The summed E-state index contributed by atoms with van der Waals surface area (Å²) in [4.78, 5) is 11.8. The van der Waals surface area contributed by atoms with Gasteiger partial charge in [-0.25, -0.2) is 5.43 Å². The highest BCUT2D eigenvalue weighted by atomic mass is 79.9. The lowest BCUT2D eigenvalue weighted by atomic mass is 10.1. The van der Waals surface area contributed by atoms with Crippen LogP contribution in [0.2, 0.25) is 0 Å². The molecule has 0 saturated heterocycles. The topological polar surface area (TPSA) is 59.9 Å². The fourth-order valence-corrected chi connectivity index (χ4v) is 2.04. The summed E-state index contributed by atoms with van der Waals surface area (Å²) < 4.78 is 11.5. The molecule has 0 heterocycles. The predicted octanol–water partition coefficient (Wildman–Crippen LogP) is 3.38. The predicted molar refractivity (Wildman–Crippen MR) is 93.0 cm³/mol. The van der Waals surface area contributed by atoms with Gasteiger partial charge in [-0.1, -0.05) is 28.1 Å². The Morgan fingerprint density at radius 1 is 1.17 bits per heavy atom. The molecule has 0 aromatic heterocycles. The van der Waals surface area contributed by atoms with Crippen LogP contribution in [0.4, 0.5) is 0 Å². The monoisotopic (exact) mass is 376 g/mol. The lowest BCUT2D eigenvalue weighted by Crippen LogP contribution is -2.25. The first-order valence-corrected chi connectivity index (χ1v) is 7.73. The van der Waals surface area contributed by atoms with Crippen LogP contribution < -0.4 is 14.9 Å². The van der Waals surface area contributed by atoms with E-state index in [0.717, 1.165) is 15.8 Å². The number of carbonyl (C=O) groups is 1. The highest BCUT2D eigenvalue weighted by Crippen LogP contribution is 2.16. The van der Waals surface area contributed by atoms with E-state index in [4.69, 9.17) is 9.47 Å². The fraction of sp³-hybridized carbons (Fsp3) is 0.176. The first-order valence-electron chi connectivity index (χ1n) is 6.94. The van der Waals surface area contributed by atoms with Gasteiger partial charge in [-0.15, -0.1) is 0 Å². The van der Waals surface area contributed by atoms with E-state index in [1.165, 1.54) is 0 Å². The average molecular weight is 377 g/mol. The SMILES string of the molecule is COc1cccc(/C(C)=N\NC(=O)COc2ccc(Br)cc2)c1. The normalized spacial score (nSPS) is 11.0. The summed E-state index contributed by atoms with van der Waals surface area (Å²) in [7, 11) is 1.60. The number of hydrogen-bond donors (Lipinski definition) is 1. The lowest BCUT2D eigenvalue weighted by molar-refractivity contribution is -0.123. The minimum Gasteiger partial charge on any atom is -0.497 e. The number of nitrogens with zero attached hydrogens (tertiary/aromatic N) is 1. The average Bonchev–Trinajstić information content (AvgIpc) is 2.59. The van der Waals surface area contributed by atoms with Crippen molar-refractivity contribution in [2.24, 2.45) is 5.10 Å². The van der Waals surface area contributed by atoms with Crippen LogP contribution in [0.25, 0.3) is 0 Å². The third-order valence-electron chi connectivity index (χ3n) is 3.02. The zero-order chi connectivity index (χ0) is 16.7. The van der Waals surface area contributed by atoms with E-state index >= 15 is 0 Å². The van der Waals surface area contributed by atoms with Gasteiger partial charge in [0, 0.05) is 10.0 Å². The largest absolute Gasteiger partial charge is 0.497 e. The van der Waals surface area contributed by atoms with Crippen molar-refractivity contribution in [2.45, 2.75) is 6.92 Å². The van der Waals surface area contributed by atoms with Gasteiger partial charge in [-0.05, 0) is 43.3 Å². The van der Waals surface area contributed by atoms with Crippen LogP contribution in [0.15, 0.2) is 58.1 Å². The van der Waals surface area contributed by atoms with E-state index in [9.17, 15) is 4.79 Å². The van der Waals surface area contributed by atoms with Crippen LogP contribution in [-0.4, -0.2) is 25.3 Å². The molecule has 120 valence electrons. The molecule has 0 aliphatic carbocycles. The number of benzene rings is 2. The molecular formula is C17H17BrN2O3. The molecule has 1 N–H and O–H groups in total. The van der Waals surface area contributed by atoms with Crippen molar-refractivity contribution in [3.63, 3.8) is 0 Å². The molecule has 0 bridgehead atoms.